The van der Waals surface area contributed by atoms with Gasteiger partial charge in [-0.3, -0.25) is 0 Å². The van der Waals surface area contributed by atoms with Crippen LogP contribution in [0.15, 0.2) is 0 Å². The Morgan fingerprint density at radius 2 is 1.88 bits per heavy atom. The van der Waals surface area contributed by atoms with Crippen LogP contribution in [0.25, 0.3) is 0 Å². The number of likely N-dealkylation sites (N-methyl/N-ethyl adjacent to an activating group) is 1. The molecule has 0 aliphatic carbocycles. The van der Waals surface area contributed by atoms with Crippen molar-refractivity contribution in [2.75, 3.05) is 32.9 Å². The largest absolute Gasteiger partial charge is 0.381 e. The van der Waals surface area contributed by atoms with Gasteiger partial charge in [-0.15, -0.1) is 0 Å². The maximum atomic E-state index is 5.94. The zero-order valence-corrected chi connectivity index (χ0v) is 10.8. The quantitative estimate of drug-likeness (QED) is 0.764. The summed E-state index contributed by atoms with van der Waals surface area (Å²) < 4.78 is 17.1. The van der Waals surface area contributed by atoms with Crippen molar-refractivity contribution >= 4 is 0 Å². The van der Waals surface area contributed by atoms with E-state index in [1.54, 1.807) is 0 Å². The minimum atomic E-state index is 0.307. The summed E-state index contributed by atoms with van der Waals surface area (Å²) in [7, 11) is 0. The van der Waals surface area contributed by atoms with Crippen molar-refractivity contribution < 1.29 is 14.2 Å². The van der Waals surface area contributed by atoms with Crippen molar-refractivity contribution in [3.63, 3.8) is 0 Å². The number of rotatable bonds is 6. The van der Waals surface area contributed by atoms with E-state index in [1.807, 2.05) is 0 Å². The minimum Gasteiger partial charge on any atom is -0.381 e. The molecule has 17 heavy (non-hydrogen) atoms. The van der Waals surface area contributed by atoms with Crippen LogP contribution in [0.4, 0.5) is 0 Å². The lowest BCUT2D eigenvalue weighted by Gasteiger charge is -2.24. The second kappa shape index (κ2) is 7.31. The van der Waals surface area contributed by atoms with Crippen molar-refractivity contribution in [2.45, 2.75) is 50.9 Å². The molecular formula is C13H25NO3. The van der Waals surface area contributed by atoms with Crippen molar-refractivity contribution in [1.29, 1.82) is 0 Å². The summed E-state index contributed by atoms with van der Waals surface area (Å²) in [6, 6.07) is 0. The van der Waals surface area contributed by atoms with Crippen LogP contribution < -0.4 is 5.32 Å². The van der Waals surface area contributed by atoms with Gasteiger partial charge >= 0.3 is 0 Å². The van der Waals surface area contributed by atoms with E-state index in [-0.39, 0.29) is 0 Å². The molecule has 4 heteroatoms. The smallest absolute Gasteiger partial charge is 0.0814 e. The van der Waals surface area contributed by atoms with E-state index < -0.39 is 0 Å². The SMILES string of the molecule is CCNCC1CCC(COC2CCOCC2)O1. The molecule has 2 heterocycles. The number of ether oxygens (including phenoxy) is 3. The Morgan fingerprint density at radius 1 is 1.12 bits per heavy atom. The molecule has 0 bridgehead atoms. The fourth-order valence-corrected chi connectivity index (χ4v) is 2.44. The van der Waals surface area contributed by atoms with E-state index in [4.69, 9.17) is 14.2 Å². The summed E-state index contributed by atoms with van der Waals surface area (Å²) in [5.41, 5.74) is 0. The fraction of sp³-hybridized carbons (Fsp3) is 1.00. The topological polar surface area (TPSA) is 39.7 Å². The Balaban J connectivity index is 1.57. The van der Waals surface area contributed by atoms with Gasteiger partial charge in [-0.25, -0.2) is 0 Å². The second-order valence-electron chi connectivity index (χ2n) is 4.91. The highest BCUT2D eigenvalue weighted by atomic mass is 16.6. The molecule has 100 valence electrons. The van der Waals surface area contributed by atoms with Crippen LogP contribution in [0, 0.1) is 0 Å². The normalized spacial score (nSPS) is 30.9. The van der Waals surface area contributed by atoms with Gasteiger partial charge in [0.2, 0.25) is 0 Å². The first-order valence-electron chi connectivity index (χ1n) is 6.94. The minimum absolute atomic E-state index is 0.307. The molecule has 2 aliphatic heterocycles. The zero-order valence-electron chi connectivity index (χ0n) is 10.8. The van der Waals surface area contributed by atoms with Crippen molar-refractivity contribution in [1.82, 2.24) is 5.32 Å². The molecule has 2 unspecified atom stereocenters. The highest BCUT2D eigenvalue weighted by Gasteiger charge is 2.26. The molecule has 2 fully saturated rings. The van der Waals surface area contributed by atoms with Crippen LogP contribution in [0.3, 0.4) is 0 Å². The average Bonchev–Trinajstić information content (AvgIpc) is 2.83. The summed E-state index contributed by atoms with van der Waals surface area (Å²) in [6.45, 7) is 6.57. The highest BCUT2D eigenvalue weighted by molar-refractivity contribution is 4.75. The molecule has 1 N–H and O–H groups in total. The van der Waals surface area contributed by atoms with Crippen LogP contribution in [-0.4, -0.2) is 51.2 Å². The van der Waals surface area contributed by atoms with Crippen molar-refractivity contribution in [3.8, 4) is 0 Å². The first-order valence-corrected chi connectivity index (χ1v) is 6.94. The van der Waals surface area contributed by atoms with Crippen molar-refractivity contribution in [3.05, 3.63) is 0 Å². The Morgan fingerprint density at radius 3 is 2.65 bits per heavy atom. The first kappa shape index (κ1) is 13.3. The third-order valence-corrected chi connectivity index (χ3v) is 3.50. The standard InChI is InChI=1S/C13H25NO3/c1-2-14-9-12-3-4-13(17-12)10-16-11-5-7-15-8-6-11/h11-14H,2-10H2,1H3. The summed E-state index contributed by atoms with van der Waals surface area (Å²) in [4.78, 5) is 0. The fourth-order valence-electron chi connectivity index (χ4n) is 2.44. The molecule has 4 nitrogen and oxygen atoms in total. The molecule has 0 radical (unpaired) electrons. The molecule has 2 atom stereocenters. The Labute approximate surface area is 104 Å². The van der Waals surface area contributed by atoms with Gasteiger partial charge in [0.15, 0.2) is 0 Å². The lowest BCUT2D eigenvalue weighted by Crippen LogP contribution is -2.30. The second-order valence-corrected chi connectivity index (χ2v) is 4.91. The van der Waals surface area contributed by atoms with Gasteiger partial charge < -0.3 is 19.5 Å². The molecular weight excluding hydrogens is 218 g/mol. The van der Waals surface area contributed by atoms with Gasteiger partial charge in [-0.1, -0.05) is 6.92 Å². The number of hydrogen-bond acceptors (Lipinski definition) is 4. The third kappa shape index (κ3) is 4.54. The summed E-state index contributed by atoms with van der Waals surface area (Å²) in [5.74, 6) is 0. The Bertz CT molecular complexity index is 207. The summed E-state index contributed by atoms with van der Waals surface area (Å²) in [5, 5.41) is 3.33. The van der Waals surface area contributed by atoms with Gasteiger partial charge in [0.25, 0.3) is 0 Å². The Hall–Kier alpha value is -0.160. The maximum Gasteiger partial charge on any atom is 0.0814 e. The molecule has 0 saturated carbocycles. The summed E-state index contributed by atoms with van der Waals surface area (Å²) in [6.07, 6.45) is 5.45. The lowest BCUT2D eigenvalue weighted by atomic mass is 10.1. The molecule has 0 aromatic carbocycles. The van der Waals surface area contributed by atoms with E-state index in [2.05, 4.69) is 12.2 Å². The maximum absolute atomic E-state index is 5.94. The predicted octanol–water partition coefficient (Wildman–Crippen LogP) is 1.34. The van der Waals surface area contributed by atoms with Crippen LogP contribution in [0.1, 0.15) is 32.6 Å². The van der Waals surface area contributed by atoms with E-state index in [1.165, 1.54) is 0 Å². The van der Waals surface area contributed by atoms with E-state index in [0.717, 1.165) is 58.6 Å². The summed E-state index contributed by atoms with van der Waals surface area (Å²) >= 11 is 0. The molecule has 0 aromatic heterocycles. The Kier molecular flexibility index (Phi) is 5.71. The third-order valence-electron chi connectivity index (χ3n) is 3.50. The number of nitrogens with one attached hydrogen (secondary N) is 1. The molecule has 2 saturated heterocycles. The molecule has 0 spiro atoms. The van der Waals surface area contributed by atoms with Gasteiger partial charge in [0, 0.05) is 19.8 Å². The molecule has 0 aromatic rings. The van der Waals surface area contributed by atoms with Gasteiger partial charge in [-0.05, 0) is 32.2 Å². The van der Waals surface area contributed by atoms with Crippen LogP contribution in [0.5, 0.6) is 0 Å². The average molecular weight is 243 g/mol. The van der Waals surface area contributed by atoms with Crippen molar-refractivity contribution in [2.24, 2.45) is 0 Å². The predicted molar refractivity (Wildman–Crippen MR) is 66.2 cm³/mol. The zero-order chi connectivity index (χ0) is 11.9. The monoisotopic (exact) mass is 243 g/mol. The van der Waals surface area contributed by atoms with Gasteiger partial charge in [-0.2, -0.15) is 0 Å². The van der Waals surface area contributed by atoms with Gasteiger partial charge in [0.05, 0.1) is 24.9 Å². The van der Waals surface area contributed by atoms with Crippen LogP contribution in [0.2, 0.25) is 0 Å². The molecule has 2 aliphatic rings. The van der Waals surface area contributed by atoms with Gasteiger partial charge in [0.1, 0.15) is 0 Å². The van der Waals surface area contributed by atoms with Crippen LogP contribution in [-0.2, 0) is 14.2 Å². The lowest BCUT2D eigenvalue weighted by molar-refractivity contribution is -0.0732. The highest BCUT2D eigenvalue weighted by Crippen LogP contribution is 2.21. The van der Waals surface area contributed by atoms with E-state index >= 15 is 0 Å². The molecule has 2 rings (SSSR count). The van der Waals surface area contributed by atoms with E-state index in [0.29, 0.717) is 18.3 Å². The van der Waals surface area contributed by atoms with Crippen LogP contribution >= 0.6 is 0 Å². The first-order chi connectivity index (χ1) is 8.38. The number of hydrogen-bond donors (Lipinski definition) is 1. The van der Waals surface area contributed by atoms with E-state index in [9.17, 15) is 0 Å². The molecule has 0 amide bonds.